The van der Waals surface area contributed by atoms with Crippen molar-refractivity contribution in [3.05, 3.63) is 22.4 Å². The zero-order chi connectivity index (χ0) is 11.3. The fourth-order valence-electron chi connectivity index (χ4n) is 1.48. The zero-order valence-electron chi connectivity index (χ0n) is 9.40. The number of carbonyl (C=O) groups is 1. The Labute approximate surface area is 94.7 Å². The van der Waals surface area contributed by atoms with Crippen molar-refractivity contribution in [3.8, 4) is 0 Å². The molecule has 0 saturated carbocycles. The van der Waals surface area contributed by atoms with Crippen molar-refractivity contribution in [2.45, 2.75) is 13.5 Å². The molecule has 0 fully saturated rings. The first-order valence-electron chi connectivity index (χ1n) is 4.92. The van der Waals surface area contributed by atoms with E-state index < -0.39 is 0 Å². The van der Waals surface area contributed by atoms with Crippen molar-refractivity contribution in [1.29, 1.82) is 0 Å². The molecule has 0 aliphatic rings. The minimum Gasteiger partial charge on any atom is -0.469 e. The summed E-state index contributed by atoms with van der Waals surface area (Å²) in [6.07, 6.45) is 0. The molecule has 1 unspecified atom stereocenters. The molecule has 0 bridgehead atoms. The molecule has 0 radical (unpaired) electrons. The van der Waals surface area contributed by atoms with Crippen LogP contribution in [0.4, 0.5) is 0 Å². The van der Waals surface area contributed by atoms with E-state index >= 15 is 0 Å². The summed E-state index contributed by atoms with van der Waals surface area (Å²) in [5.41, 5.74) is 0. The Hall–Kier alpha value is -0.870. The van der Waals surface area contributed by atoms with Crippen molar-refractivity contribution in [1.82, 2.24) is 4.90 Å². The number of rotatable bonds is 5. The van der Waals surface area contributed by atoms with Crippen LogP contribution in [-0.2, 0) is 16.1 Å². The summed E-state index contributed by atoms with van der Waals surface area (Å²) in [7, 11) is 3.44. The van der Waals surface area contributed by atoms with Crippen molar-refractivity contribution in [3.63, 3.8) is 0 Å². The third-order valence-corrected chi connectivity index (χ3v) is 3.06. The summed E-state index contributed by atoms with van der Waals surface area (Å²) in [6, 6.07) is 4.14. The summed E-state index contributed by atoms with van der Waals surface area (Å²) in [6.45, 7) is 3.50. The van der Waals surface area contributed by atoms with Crippen LogP contribution >= 0.6 is 11.3 Å². The molecule has 0 aliphatic heterocycles. The quantitative estimate of drug-likeness (QED) is 0.720. The molecular formula is C11H17NO2S. The van der Waals surface area contributed by atoms with Crippen LogP contribution in [0.15, 0.2) is 17.5 Å². The second-order valence-corrected chi connectivity index (χ2v) is 4.73. The first-order valence-corrected chi connectivity index (χ1v) is 5.80. The Bertz CT molecular complexity index is 298. The number of hydrogen-bond donors (Lipinski definition) is 0. The fraction of sp³-hybridized carbons (Fsp3) is 0.545. The predicted octanol–water partition coefficient (Wildman–Crippen LogP) is 1.99. The topological polar surface area (TPSA) is 29.5 Å². The number of methoxy groups -OCH3 is 1. The summed E-state index contributed by atoms with van der Waals surface area (Å²) in [5.74, 6) is -0.215. The Morgan fingerprint density at radius 3 is 2.93 bits per heavy atom. The van der Waals surface area contributed by atoms with Gasteiger partial charge in [0.1, 0.15) is 0 Å². The Kier molecular flexibility index (Phi) is 4.78. The summed E-state index contributed by atoms with van der Waals surface area (Å²) < 4.78 is 4.69. The molecule has 0 spiro atoms. The Balaban J connectivity index is 2.35. The molecule has 15 heavy (non-hydrogen) atoms. The van der Waals surface area contributed by atoms with E-state index in [1.165, 1.54) is 12.0 Å². The number of thiophene rings is 1. The van der Waals surface area contributed by atoms with Gasteiger partial charge in [-0.3, -0.25) is 4.79 Å². The third-order valence-electron chi connectivity index (χ3n) is 2.19. The van der Waals surface area contributed by atoms with Crippen LogP contribution in [0.25, 0.3) is 0 Å². The number of nitrogens with zero attached hydrogens (tertiary/aromatic N) is 1. The highest BCUT2D eigenvalue weighted by atomic mass is 32.1. The summed E-state index contributed by atoms with van der Waals surface area (Å²) >= 11 is 1.73. The normalized spacial score (nSPS) is 12.8. The third kappa shape index (κ3) is 4.01. The highest BCUT2D eigenvalue weighted by molar-refractivity contribution is 7.09. The number of esters is 1. The lowest BCUT2D eigenvalue weighted by atomic mass is 10.2. The van der Waals surface area contributed by atoms with E-state index in [4.69, 9.17) is 0 Å². The van der Waals surface area contributed by atoms with Gasteiger partial charge in [-0.1, -0.05) is 13.0 Å². The van der Waals surface area contributed by atoms with Gasteiger partial charge in [-0.15, -0.1) is 11.3 Å². The van der Waals surface area contributed by atoms with Gasteiger partial charge in [0.15, 0.2) is 0 Å². The lowest BCUT2D eigenvalue weighted by molar-refractivity contribution is -0.145. The van der Waals surface area contributed by atoms with Crippen LogP contribution in [0.1, 0.15) is 11.8 Å². The Morgan fingerprint density at radius 2 is 2.40 bits per heavy atom. The summed E-state index contributed by atoms with van der Waals surface area (Å²) in [4.78, 5) is 14.7. The van der Waals surface area contributed by atoms with Crippen LogP contribution < -0.4 is 0 Å². The van der Waals surface area contributed by atoms with Gasteiger partial charge < -0.3 is 9.64 Å². The molecule has 0 aliphatic carbocycles. The fourth-order valence-corrected chi connectivity index (χ4v) is 2.26. The lowest BCUT2D eigenvalue weighted by Crippen LogP contribution is -2.28. The molecular weight excluding hydrogens is 210 g/mol. The molecule has 0 saturated heterocycles. The average Bonchev–Trinajstić information content (AvgIpc) is 2.68. The molecule has 1 atom stereocenters. The predicted molar refractivity (Wildman–Crippen MR) is 61.8 cm³/mol. The second-order valence-electron chi connectivity index (χ2n) is 3.70. The molecule has 4 heteroatoms. The van der Waals surface area contributed by atoms with Crippen molar-refractivity contribution in [2.75, 3.05) is 20.7 Å². The smallest absolute Gasteiger partial charge is 0.309 e. The minimum atomic E-state index is -0.145. The molecule has 1 aromatic rings. The molecule has 1 aromatic heterocycles. The average molecular weight is 227 g/mol. The maximum absolute atomic E-state index is 11.2. The van der Waals surface area contributed by atoms with E-state index in [-0.39, 0.29) is 11.9 Å². The molecule has 3 nitrogen and oxygen atoms in total. The van der Waals surface area contributed by atoms with Gasteiger partial charge in [-0.2, -0.15) is 0 Å². The van der Waals surface area contributed by atoms with E-state index in [0.717, 1.165) is 13.1 Å². The van der Waals surface area contributed by atoms with Gasteiger partial charge in [0, 0.05) is 18.0 Å². The molecule has 0 N–H and O–H groups in total. The largest absolute Gasteiger partial charge is 0.469 e. The number of ether oxygens (including phenoxy) is 1. The zero-order valence-corrected chi connectivity index (χ0v) is 10.2. The Morgan fingerprint density at radius 1 is 1.67 bits per heavy atom. The van der Waals surface area contributed by atoms with Gasteiger partial charge in [0.2, 0.25) is 0 Å². The van der Waals surface area contributed by atoms with Crippen molar-refractivity contribution < 1.29 is 9.53 Å². The number of hydrogen-bond acceptors (Lipinski definition) is 4. The molecule has 0 amide bonds. The highest BCUT2D eigenvalue weighted by Crippen LogP contribution is 2.12. The molecule has 1 heterocycles. The highest BCUT2D eigenvalue weighted by Gasteiger charge is 2.15. The SMILES string of the molecule is COC(=O)C(C)CN(C)Cc1cccs1. The van der Waals surface area contributed by atoms with E-state index in [2.05, 4.69) is 21.1 Å². The standard InChI is InChI=1S/C11H17NO2S/c1-9(11(13)14-3)7-12(2)8-10-5-4-6-15-10/h4-6,9H,7-8H2,1-3H3. The van der Waals surface area contributed by atoms with E-state index in [1.54, 1.807) is 11.3 Å². The van der Waals surface area contributed by atoms with E-state index in [0.29, 0.717) is 0 Å². The maximum Gasteiger partial charge on any atom is 0.309 e. The van der Waals surface area contributed by atoms with Crippen molar-refractivity contribution in [2.24, 2.45) is 5.92 Å². The van der Waals surface area contributed by atoms with Gasteiger partial charge in [0.25, 0.3) is 0 Å². The van der Waals surface area contributed by atoms with Gasteiger partial charge in [-0.25, -0.2) is 0 Å². The molecule has 84 valence electrons. The van der Waals surface area contributed by atoms with Gasteiger partial charge >= 0.3 is 5.97 Å². The monoisotopic (exact) mass is 227 g/mol. The maximum atomic E-state index is 11.2. The van der Waals surface area contributed by atoms with Gasteiger partial charge in [0.05, 0.1) is 13.0 Å². The molecule has 1 rings (SSSR count). The van der Waals surface area contributed by atoms with Gasteiger partial charge in [-0.05, 0) is 18.5 Å². The van der Waals surface area contributed by atoms with E-state index in [9.17, 15) is 4.79 Å². The summed E-state index contributed by atoms with van der Waals surface area (Å²) in [5, 5.41) is 2.06. The number of carbonyl (C=O) groups excluding carboxylic acids is 1. The van der Waals surface area contributed by atoms with Crippen LogP contribution in [0.5, 0.6) is 0 Å². The first kappa shape index (κ1) is 12.2. The van der Waals surface area contributed by atoms with Crippen LogP contribution in [0, 0.1) is 5.92 Å². The van der Waals surface area contributed by atoms with E-state index in [1.807, 2.05) is 20.0 Å². The lowest BCUT2D eigenvalue weighted by Gasteiger charge is -2.18. The molecule has 0 aromatic carbocycles. The minimum absolute atomic E-state index is 0.0695. The van der Waals surface area contributed by atoms with Crippen LogP contribution in [0.3, 0.4) is 0 Å². The van der Waals surface area contributed by atoms with Crippen LogP contribution in [-0.4, -0.2) is 31.6 Å². The second kappa shape index (κ2) is 5.88. The van der Waals surface area contributed by atoms with Crippen LogP contribution in [0.2, 0.25) is 0 Å². The van der Waals surface area contributed by atoms with Crippen molar-refractivity contribution >= 4 is 17.3 Å². The first-order chi connectivity index (χ1) is 7.13.